The van der Waals surface area contributed by atoms with Crippen LogP contribution < -0.4 is 5.32 Å². The number of benzene rings is 1. The zero-order valence-corrected chi connectivity index (χ0v) is 23.2. The molecule has 7 nitrogen and oxygen atoms in total. The monoisotopic (exact) mass is 533 g/mol. The van der Waals surface area contributed by atoms with Crippen LogP contribution in [-0.2, 0) is 0 Å². The van der Waals surface area contributed by atoms with Gasteiger partial charge in [-0.25, -0.2) is 9.97 Å². The third kappa shape index (κ3) is 4.28. The Kier molecular flexibility index (Phi) is 6.15. The quantitative estimate of drug-likeness (QED) is 0.375. The first kappa shape index (κ1) is 24.3. The van der Waals surface area contributed by atoms with Crippen LogP contribution >= 0.6 is 22.7 Å². The van der Waals surface area contributed by atoms with Crippen LogP contribution in [0.5, 0.6) is 0 Å². The minimum atomic E-state index is -0.143. The lowest BCUT2D eigenvalue weighted by molar-refractivity contribution is 0.0692. The van der Waals surface area contributed by atoms with Gasteiger partial charge >= 0.3 is 0 Å². The molecule has 2 aliphatic rings. The second-order valence-corrected chi connectivity index (χ2v) is 12.7. The predicted octanol–water partition coefficient (Wildman–Crippen LogP) is 5.36. The SMILES string of the molecule is Cc1cccc(-c2sc(C)nc2C(=O)N2C[C@@H]3CC(C)C[C@@H]3[C@H]2CNC(=O)c2c(C)nc3sccn23)c1. The molecule has 1 N–H and O–H groups in total. The summed E-state index contributed by atoms with van der Waals surface area (Å²) in [4.78, 5) is 40.3. The molecule has 2 fully saturated rings. The highest BCUT2D eigenvalue weighted by Gasteiger charge is 2.48. The molecule has 192 valence electrons. The Labute approximate surface area is 224 Å². The molecule has 1 unspecified atom stereocenters. The Hall–Kier alpha value is -3.04. The molecular formula is C28H31N5O2S2. The van der Waals surface area contributed by atoms with Gasteiger partial charge in [0.15, 0.2) is 4.96 Å². The minimum absolute atomic E-state index is 0.0251. The predicted molar refractivity (Wildman–Crippen MR) is 147 cm³/mol. The maximum Gasteiger partial charge on any atom is 0.274 e. The summed E-state index contributed by atoms with van der Waals surface area (Å²) in [6.07, 6.45) is 4.08. The Morgan fingerprint density at radius 3 is 2.81 bits per heavy atom. The van der Waals surface area contributed by atoms with Crippen molar-refractivity contribution in [1.29, 1.82) is 0 Å². The first-order valence-electron chi connectivity index (χ1n) is 12.9. The van der Waals surface area contributed by atoms with Gasteiger partial charge in [-0.2, -0.15) is 0 Å². The number of carbonyl (C=O) groups is 2. The molecule has 4 heterocycles. The highest BCUT2D eigenvalue weighted by atomic mass is 32.1. The fourth-order valence-corrected chi connectivity index (χ4v) is 8.05. The molecule has 1 aliphatic carbocycles. The van der Waals surface area contributed by atoms with E-state index in [1.54, 1.807) is 11.3 Å². The maximum atomic E-state index is 14.1. The van der Waals surface area contributed by atoms with Crippen LogP contribution in [0, 0.1) is 38.5 Å². The van der Waals surface area contributed by atoms with E-state index >= 15 is 0 Å². The molecule has 37 heavy (non-hydrogen) atoms. The summed E-state index contributed by atoms with van der Waals surface area (Å²) in [5, 5.41) is 5.98. The first-order chi connectivity index (χ1) is 17.8. The van der Waals surface area contributed by atoms with E-state index in [1.165, 1.54) is 11.3 Å². The van der Waals surface area contributed by atoms with Crippen molar-refractivity contribution in [3.8, 4) is 10.4 Å². The number of aryl methyl sites for hydroxylation is 3. The van der Waals surface area contributed by atoms with Crippen molar-refractivity contribution >= 4 is 39.4 Å². The largest absolute Gasteiger partial charge is 0.349 e. The van der Waals surface area contributed by atoms with Crippen molar-refractivity contribution in [2.24, 2.45) is 17.8 Å². The lowest BCUT2D eigenvalue weighted by Gasteiger charge is -2.28. The van der Waals surface area contributed by atoms with Gasteiger partial charge in [-0.05, 0) is 56.9 Å². The lowest BCUT2D eigenvalue weighted by atomic mass is 9.93. The summed E-state index contributed by atoms with van der Waals surface area (Å²) >= 11 is 3.08. The van der Waals surface area contributed by atoms with Gasteiger partial charge < -0.3 is 10.2 Å². The Morgan fingerprint density at radius 2 is 2.00 bits per heavy atom. The number of hydrogen-bond acceptors (Lipinski definition) is 6. The van der Waals surface area contributed by atoms with Crippen molar-refractivity contribution in [3.63, 3.8) is 0 Å². The van der Waals surface area contributed by atoms with Crippen molar-refractivity contribution in [2.45, 2.75) is 46.6 Å². The number of hydrogen-bond donors (Lipinski definition) is 1. The number of nitrogens with one attached hydrogen (secondary N) is 1. The molecule has 0 radical (unpaired) electrons. The van der Waals surface area contributed by atoms with Gasteiger partial charge in [0.2, 0.25) is 0 Å². The minimum Gasteiger partial charge on any atom is -0.349 e. The van der Waals surface area contributed by atoms with Crippen molar-refractivity contribution < 1.29 is 9.59 Å². The summed E-state index contributed by atoms with van der Waals surface area (Å²) in [5.74, 6) is 1.31. The zero-order chi connectivity index (χ0) is 25.8. The Bertz CT molecular complexity index is 1500. The number of fused-ring (bicyclic) bond motifs is 2. The molecule has 1 saturated heterocycles. The number of thiazole rings is 2. The molecule has 2 amide bonds. The topological polar surface area (TPSA) is 79.6 Å². The molecule has 9 heteroatoms. The summed E-state index contributed by atoms with van der Waals surface area (Å²) < 4.78 is 1.85. The number of carbonyl (C=O) groups excluding carboxylic acids is 2. The summed E-state index contributed by atoms with van der Waals surface area (Å²) in [7, 11) is 0. The van der Waals surface area contributed by atoms with Crippen LogP contribution in [-0.4, -0.2) is 50.2 Å². The van der Waals surface area contributed by atoms with E-state index in [9.17, 15) is 9.59 Å². The molecule has 0 bridgehead atoms. The average Bonchev–Trinajstić information content (AvgIpc) is 3.64. The van der Waals surface area contributed by atoms with Crippen molar-refractivity contribution in [3.05, 3.63) is 63.5 Å². The zero-order valence-electron chi connectivity index (χ0n) is 21.5. The van der Waals surface area contributed by atoms with E-state index in [0.29, 0.717) is 35.7 Å². The van der Waals surface area contributed by atoms with Crippen LogP contribution in [0.2, 0.25) is 0 Å². The van der Waals surface area contributed by atoms with Gasteiger partial charge in [0.1, 0.15) is 11.4 Å². The molecule has 1 aromatic carbocycles. The molecule has 3 aromatic heterocycles. The van der Waals surface area contributed by atoms with Gasteiger partial charge in [-0.1, -0.05) is 36.8 Å². The van der Waals surface area contributed by atoms with Crippen LogP contribution in [0.4, 0.5) is 0 Å². The van der Waals surface area contributed by atoms with Gasteiger partial charge in [-0.3, -0.25) is 14.0 Å². The molecule has 1 saturated carbocycles. The number of rotatable bonds is 5. The second-order valence-electron chi connectivity index (χ2n) is 10.6. The van der Waals surface area contributed by atoms with Crippen molar-refractivity contribution in [2.75, 3.05) is 13.1 Å². The number of nitrogens with zero attached hydrogens (tertiary/aromatic N) is 4. The fourth-order valence-electron chi connectivity index (χ4n) is 6.38. The van der Waals surface area contributed by atoms with E-state index in [0.717, 1.165) is 51.1 Å². The number of likely N-dealkylation sites (tertiary alicyclic amines) is 1. The van der Waals surface area contributed by atoms with Gasteiger partial charge in [0.05, 0.1) is 21.6 Å². The number of amides is 2. The van der Waals surface area contributed by atoms with E-state index in [4.69, 9.17) is 4.98 Å². The van der Waals surface area contributed by atoms with Crippen LogP contribution in [0.3, 0.4) is 0 Å². The highest BCUT2D eigenvalue weighted by Crippen LogP contribution is 2.46. The number of aromatic nitrogens is 3. The first-order valence-corrected chi connectivity index (χ1v) is 14.6. The molecule has 4 atom stereocenters. The van der Waals surface area contributed by atoms with Crippen LogP contribution in [0.25, 0.3) is 15.4 Å². The average molecular weight is 534 g/mol. The van der Waals surface area contributed by atoms with E-state index in [1.807, 2.05) is 46.9 Å². The van der Waals surface area contributed by atoms with E-state index < -0.39 is 0 Å². The smallest absolute Gasteiger partial charge is 0.274 e. The molecule has 0 spiro atoms. The van der Waals surface area contributed by atoms with Gasteiger partial charge in [0.25, 0.3) is 11.8 Å². The van der Waals surface area contributed by atoms with E-state index in [2.05, 4.69) is 36.3 Å². The van der Waals surface area contributed by atoms with Gasteiger partial charge in [-0.15, -0.1) is 22.7 Å². The third-order valence-electron chi connectivity index (χ3n) is 7.91. The van der Waals surface area contributed by atoms with Gasteiger partial charge in [0, 0.05) is 24.7 Å². The van der Waals surface area contributed by atoms with Crippen LogP contribution in [0.15, 0.2) is 35.8 Å². The second kappa shape index (κ2) is 9.36. The molecular weight excluding hydrogens is 502 g/mol. The highest BCUT2D eigenvalue weighted by molar-refractivity contribution is 7.15. The molecule has 4 aromatic rings. The Morgan fingerprint density at radius 1 is 1.16 bits per heavy atom. The van der Waals surface area contributed by atoms with Crippen molar-refractivity contribution in [1.82, 2.24) is 24.6 Å². The third-order valence-corrected chi connectivity index (χ3v) is 9.69. The van der Waals surface area contributed by atoms with E-state index in [-0.39, 0.29) is 17.9 Å². The fraction of sp³-hybridized carbons (Fsp3) is 0.429. The molecule has 1 aliphatic heterocycles. The standard InChI is InChI=1S/C28H31N5O2S2/c1-15-6-5-7-19(10-15)25-23(31-18(4)37-25)27(35)33-14-20-11-16(2)12-21(20)22(33)13-29-26(34)24-17(3)30-28-32(24)8-9-36-28/h5-10,16,20-22H,11-14H2,1-4H3,(H,29,34)/t16?,20-,21-,22+/m0/s1. The summed E-state index contributed by atoms with van der Waals surface area (Å²) in [6, 6.07) is 8.20. The maximum absolute atomic E-state index is 14.1. The number of imidazole rings is 1. The normalized spacial score (nSPS) is 23.1. The van der Waals surface area contributed by atoms with Crippen LogP contribution in [0.1, 0.15) is 57.0 Å². The summed E-state index contributed by atoms with van der Waals surface area (Å²) in [6.45, 7) is 9.33. The Balaban J connectivity index is 1.28. The lowest BCUT2D eigenvalue weighted by Crippen LogP contribution is -2.46. The molecule has 6 rings (SSSR count). The summed E-state index contributed by atoms with van der Waals surface area (Å²) in [5.41, 5.74) is 4.01.